The lowest BCUT2D eigenvalue weighted by Crippen LogP contribution is -2.60. The number of unbranched alkanes of at least 4 members (excludes halogenated alkanes) is 1. The molecule has 8 atom stereocenters. The van der Waals surface area contributed by atoms with Crippen LogP contribution in [0.4, 0.5) is 0 Å². The predicted molar refractivity (Wildman–Crippen MR) is 364 cm³/mol. The van der Waals surface area contributed by atoms with Gasteiger partial charge >= 0.3 is 0 Å². The Morgan fingerprint density at radius 1 is 0.537 bits per heavy atom. The molecule has 5 aromatic carbocycles. The fourth-order valence-corrected chi connectivity index (χ4v) is 12.4. The van der Waals surface area contributed by atoms with Crippen LogP contribution >= 0.6 is 0 Å². The first-order chi connectivity index (χ1) is 45.6. The van der Waals surface area contributed by atoms with E-state index >= 15 is 0 Å². The van der Waals surface area contributed by atoms with E-state index in [-0.39, 0.29) is 101 Å². The van der Waals surface area contributed by atoms with Crippen LogP contribution in [0.15, 0.2) is 126 Å². The zero-order valence-corrected chi connectivity index (χ0v) is 54.5. The van der Waals surface area contributed by atoms with Gasteiger partial charge in [-0.1, -0.05) is 129 Å². The number of fused-ring (bicyclic) bond motifs is 1. The molecule has 1 aliphatic carbocycles. The van der Waals surface area contributed by atoms with Gasteiger partial charge in [-0.25, -0.2) is 0 Å². The summed E-state index contributed by atoms with van der Waals surface area (Å²) < 4.78 is 0. The molecular formula is C71H96N14O10. The molecule has 0 bridgehead atoms. The standard InChI is InChI=1S/C71H96N14O10/c1-44-35-53(87)36-45(2)54(44)42-55(73)63(88)80-58(26-16-32-79-71(75)76)66(91)83-60(39-47-19-8-4-9-20-47)67(92)81-57(25-14-15-31-72)64(89)77-33-34-78-65(90)59(38-46-17-6-3-7-18-46)82-68(93)61(40-48-21-10-5-11-22-48)84-69(94)62-41-50-23-12-13-24-51(50)43-85(62)70(95)56(74)37-49-27-29-52(86)30-28-49/h3-4,6-9,12-13,17-20,23-24,27-30,35-36,48,55-62,86-87H,5,10-11,14-16,21-22,25-26,31-34,37-43,72-74H2,1-2H3,(H,77,89)(H,78,90)(H,80,88)(H,81,92)(H,82,93)(H,83,91)(H,84,94)(H4,75,76,79)/t55-,56-,57-,58+,59-,60-,61-,62-/m0/s1. The maximum atomic E-state index is 14.9. The fraction of sp³-hybridized carbons (Fsp3) is 0.451. The number of benzene rings is 5. The van der Waals surface area contributed by atoms with Crippen LogP contribution in [0.3, 0.4) is 0 Å². The Kier molecular flexibility index (Phi) is 28.4. The monoisotopic (exact) mass is 1300 g/mol. The maximum Gasteiger partial charge on any atom is 0.243 e. The van der Waals surface area contributed by atoms with Crippen LogP contribution in [-0.2, 0) is 77.0 Å². The number of guanidine groups is 1. The summed E-state index contributed by atoms with van der Waals surface area (Å²) in [7, 11) is 0. The third kappa shape index (κ3) is 23.0. The molecule has 24 nitrogen and oxygen atoms in total. The van der Waals surface area contributed by atoms with Crippen molar-refractivity contribution in [3.63, 3.8) is 0 Å². The van der Waals surface area contributed by atoms with Gasteiger partial charge < -0.3 is 81.0 Å². The number of aromatic hydroxyl groups is 2. The lowest BCUT2D eigenvalue weighted by molar-refractivity contribution is -0.144. The SMILES string of the molecule is Cc1cc(O)cc(C)c1C[C@H](N)C(=O)N[C@H](CCCN=C(N)N)C(=O)N[C@@H](Cc1ccccc1)C(=O)N[C@@H](CCCCN)C(=O)NCCNC(=O)[C@H](Cc1ccccc1)NC(=O)[C@H](CC1CCCCC1)NC(=O)[C@@H]1Cc2ccccc2CN1C(=O)[C@@H](N)Cc1ccc(O)cc1. The molecule has 8 amide bonds. The average Bonchev–Trinajstić information content (AvgIpc) is 0.798. The molecule has 0 saturated heterocycles. The summed E-state index contributed by atoms with van der Waals surface area (Å²) in [5.74, 6) is -4.65. The first-order valence-electron chi connectivity index (χ1n) is 33.0. The molecule has 0 aromatic heterocycles. The summed E-state index contributed by atoms with van der Waals surface area (Å²) in [6, 6.07) is 26.2. The molecule has 0 unspecified atom stereocenters. The molecule has 24 heteroatoms. The lowest BCUT2D eigenvalue weighted by atomic mass is 9.84. The van der Waals surface area contributed by atoms with E-state index in [1.54, 1.807) is 68.4 Å². The highest BCUT2D eigenvalue weighted by molar-refractivity contribution is 5.97. The van der Waals surface area contributed by atoms with Gasteiger partial charge in [-0.15, -0.1) is 0 Å². The third-order valence-corrected chi connectivity index (χ3v) is 17.6. The van der Waals surface area contributed by atoms with E-state index in [2.05, 4.69) is 42.2 Å². The minimum Gasteiger partial charge on any atom is -0.508 e. The van der Waals surface area contributed by atoms with Crippen LogP contribution < -0.4 is 65.9 Å². The van der Waals surface area contributed by atoms with Crippen molar-refractivity contribution in [1.82, 2.24) is 42.1 Å². The molecule has 0 spiro atoms. The van der Waals surface area contributed by atoms with Crippen molar-refractivity contribution in [3.8, 4) is 11.5 Å². The number of hydrogen-bond donors (Lipinski definition) is 14. The summed E-state index contributed by atoms with van der Waals surface area (Å²) >= 11 is 0. The molecule has 1 saturated carbocycles. The number of amides is 8. The number of nitrogens with zero attached hydrogens (tertiary/aromatic N) is 2. The van der Waals surface area contributed by atoms with Crippen LogP contribution in [0.2, 0.25) is 0 Å². The second-order valence-corrected chi connectivity index (χ2v) is 25.0. The quantitative estimate of drug-likeness (QED) is 0.0160. The van der Waals surface area contributed by atoms with E-state index in [1.165, 1.54) is 17.0 Å². The number of aliphatic imine (C=N–C) groups is 1. The molecule has 7 rings (SSSR count). The Bertz CT molecular complexity index is 3380. The number of phenols is 2. The van der Waals surface area contributed by atoms with Crippen molar-refractivity contribution < 1.29 is 48.6 Å². The van der Waals surface area contributed by atoms with Crippen molar-refractivity contribution in [3.05, 3.63) is 166 Å². The minimum atomic E-state index is -1.26. The predicted octanol–water partition coefficient (Wildman–Crippen LogP) is 2.40. The van der Waals surface area contributed by atoms with Crippen LogP contribution in [0.1, 0.15) is 115 Å². The highest BCUT2D eigenvalue weighted by atomic mass is 16.3. The Balaban J connectivity index is 1.03. The summed E-state index contributed by atoms with van der Waals surface area (Å²) in [6.45, 7) is 3.96. The summed E-state index contributed by atoms with van der Waals surface area (Å²) in [6.07, 6.45) is 6.92. The van der Waals surface area contributed by atoms with E-state index < -0.39 is 95.6 Å². The van der Waals surface area contributed by atoms with Crippen LogP contribution in [-0.4, -0.2) is 143 Å². The number of phenolic OH excluding ortho intramolecular Hbond substituents is 2. The van der Waals surface area contributed by atoms with E-state index in [0.717, 1.165) is 71.0 Å². The number of hydrogen-bond acceptors (Lipinski definition) is 14. The summed E-state index contributed by atoms with van der Waals surface area (Å²) in [4.78, 5) is 121. The van der Waals surface area contributed by atoms with Crippen molar-refractivity contribution in [2.45, 2.75) is 171 Å². The normalized spacial score (nSPS) is 16.0. The topological polar surface area (TPSA) is 407 Å². The molecule has 1 aliphatic heterocycles. The van der Waals surface area contributed by atoms with Gasteiger partial charge in [-0.05, 0) is 146 Å². The maximum absolute atomic E-state index is 14.9. The van der Waals surface area contributed by atoms with Crippen LogP contribution in [0, 0.1) is 19.8 Å². The van der Waals surface area contributed by atoms with Gasteiger partial charge in [0, 0.05) is 45.4 Å². The van der Waals surface area contributed by atoms with E-state index in [1.807, 2.05) is 54.6 Å². The number of aryl methyl sites for hydroxylation is 2. The molecule has 19 N–H and O–H groups in total. The van der Waals surface area contributed by atoms with E-state index in [9.17, 15) is 48.6 Å². The molecule has 1 heterocycles. The largest absolute Gasteiger partial charge is 0.508 e. The Morgan fingerprint density at radius 2 is 1.04 bits per heavy atom. The van der Waals surface area contributed by atoms with Crippen molar-refractivity contribution in [1.29, 1.82) is 0 Å². The second-order valence-electron chi connectivity index (χ2n) is 25.0. The average molecular weight is 1310 g/mol. The number of nitrogens with one attached hydrogen (secondary N) is 7. The van der Waals surface area contributed by atoms with E-state index in [0.29, 0.717) is 31.4 Å². The number of carbonyl (C=O) groups is 8. The van der Waals surface area contributed by atoms with Gasteiger partial charge in [0.15, 0.2) is 5.96 Å². The molecule has 5 aromatic rings. The summed E-state index contributed by atoms with van der Waals surface area (Å²) in [5.41, 5.74) is 36.2. The molecule has 95 heavy (non-hydrogen) atoms. The van der Waals surface area contributed by atoms with Gasteiger partial charge in [-0.3, -0.25) is 43.3 Å². The fourth-order valence-electron chi connectivity index (χ4n) is 12.4. The smallest absolute Gasteiger partial charge is 0.243 e. The first-order valence-corrected chi connectivity index (χ1v) is 33.0. The molecule has 0 radical (unpaired) electrons. The highest BCUT2D eigenvalue weighted by Gasteiger charge is 2.40. The van der Waals surface area contributed by atoms with Gasteiger partial charge in [0.2, 0.25) is 47.3 Å². The van der Waals surface area contributed by atoms with Gasteiger partial charge in [0.1, 0.15) is 47.8 Å². The third-order valence-electron chi connectivity index (χ3n) is 17.6. The van der Waals surface area contributed by atoms with Gasteiger partial charge in [0.25, 0.3) is 0 Å². The van der Waals surface area contributed by atoms with Crippen LogP contribution in [0.5, 0.6) is 11.5 Å². The molecule has 510 valence electrons. The molecule has 2 aliphatic rings. The van der Waals surface area contributed by atoms with Crippen molar-refractivity contribution >= 4 is 53.2 Å². The lowest BCUT2D eigenvalue weighted by Gasteiger charge is -2.38. The van der Waals surface area contributed by atoms with Crippen LogP contribution in [0.25, 0.3) is 0 Å². The second kappa shape index (κ2) is 36.9. The molecular weight excluding hydrogens is 1210 g/mol. The zero-order valence-electron chi connectivity index (χ0n) is 54.5. The van der Waals surface area contributed by atoms with Crippen molar-refractivity contribution in [2.75, 3.05) is 26.2 Å². The Hall–Kier alpha value is -9.39. The molecule has 1 fully saturated rings. The van der Waals surface area contributed by atoms with E-state index in [4.69, 9.17) is 28.7 Å². The first kappa shape index (κ1) is 73.0. The van der Waals surface area contributed by atoms with Gasteiger partial charge in [-0.2, -0.15) is 0 Å². The number of nitrogens with two attached hydrogens (primary N) is 5. The Labute approximate surface area is 556 Å². The summed E-state index contributed by atoms with van der Waals surface area (Å²) in [5, 5.41) is 40.1. The number of rotatable bonds is 34. The number of carbonyl (C=O) groups excluding carboxylic acids is 8. The van der Waals surface area contributed by atoms with Crippen molar-refractivity contribution in [2.24, 2.45) is 39.6 Å². The zero-order chi connectivity index (χ0) is 68.4. The highest BCUT2D eigenvalue weighted by Crippen LogP contribution is 2.30. The Morgan fingerprint density at radius 3 is 1.64 bits per heavy atom. The minimum absolute atomic E-state index is 0.00225. The van der Waals surface area contributed by atoms with Gasteiger partial charge in [0.05, 0.1) is 12.1 Å².